The molecule has 1 aliphatic rings. The second-order valence-corrected chi connectivity index (χ2v) is 8.62. The van der Waals surface area contributed by atoms with Gasteiger partial charge in [-0.15, -0.1) is 0 Å². The molecule has 0 bridgehead atoms. The van der Waals surface area contributed by atoms with E-state index >= 15 is 0 Å². The van der Waals surface area contributed by atoms with Crippen molar-refractivity contribution in [3.05, 3.63) is 48.0 Å². The Morgan fingerprint density at radius 1 is 1.14 bits per heavy atom. The van der Waals surface area contributed by atoms with Gasteiger partial charge < -0.3 is 9.64 Å². The van der Waals surface area contributed by atoms with E-state index in [0.717, 1.165) is 24.8 Å². The average molecular weight is 403 g/mol. The quantitative estimate of drug-likeness (QED) is 0.756. The van der Waals surface area contributed by atoms with Gasteiger partial charge in [0.15, 0.2) is 0 Å². The molecular weight excluding hydrogens is 376 g/mol. The molecule has 2 aromatic carbocycles. The number of sulfonamides is 1. The summed E-state index contributed by atoms with van der Waals surface area (Å²) >= 11 is 0. The Hall–Kier alpha value is -2.54. The van der Waals surface area contributed by atoms with Crippen molar-refractivity contribution in [2.24, 2.45) is 0 Å². The van der Waals surface area contributed by atoms with Crippen LogP contribution in [0.2, 0.25) is 0 Å². The minimum atomic E-state index is -3.74. The third-order valence-corrected chi connectivity index (χ3v) is 6.03. The van der Waals surface area contributed by atoms with Crippen LogP contribution in [0.4, 0.5) is 11.4 Å². The summed E-state index contributed by atoms with van der Waals surface area (Å²) in [7, 11) is -3.74. The Morgan fingerprint density at radius 3 is 2.68 bits per heavy atom. The van der Waals surface area contributed by atoms with Gasteiger partial charge in [0.2, 0.25) is 5.91 Å². The predicted molar refractivity (Wildman–Crippen MR) is 110 cm³/mol. The van der Waals surface area contributed by atoms with Gasteiger partial charge in [0.05, 0.1) is 17.2 Å². The summed E-state index contributed by atoms with van der Waals surface area (Å²) in [6.07, 6.45) is 3.27. The maximum absolute atomic E-state index is 12.8. The second-order valence-electron chi connectivity index (χ2n) is 6.93. The van der Waals surface area contributed by atoms with E-state index in [1.54, 1.807) is 41.3 Å². The first-order valence-corrected chi connectivity index (χ1v) is 11.1. The van der Waals surface area contributed by atoms with Gasteiger partial charge in [0.25, 0.3) is 10.0 Å². The van der Waals surface area contributed by atoms with E-state index in [4.69, 9.17) is 4.74 Å². The molecule has 1 N–H and O–H groups in total. The van der Waals surface area contributed by atoms with Crippen LogP contribution in [0.1, 0.15) is 38.2 Å². The minimum absolute atomic E-state index is 0.0737. The van der Waals surface area contributed by atoms with Gasteiger partial charge in [-0.05, 0) is 68.1 Å². The summed E-state index contributed by atoms with van der Waals surface area (Å²) in [5.41, 5.74) is 1.91. The molecule has 0 spiro atoms. The third-order valence-electron chi connectivity index (χ3n) is 4.65. The smallest absolute Gasteiger partial charge is 0.261 e. The van der Waals surface area contributed by atoms with Crippen LogP contribution in [-0.2, 0) is 14.8 Å². The SMILES string of the molecule is CCCOc1ccc(S(=O)(=O)Nc2cccc(N3CCCCC3=O)c2)cc1C. The normalized spacial score (nSPS) is 14.8. The number of ether oxygens (including phenoxy) is 1. The Balaban J connectivity index is 1.80. The largest absolute Gasteiger partial charge is 0.493 e. The van der Waals surface area contributed by atoms with E-state index in [2.05, 4.69) is 4.72 Å². The Morgan fingerprint density at radius 2 is 1.96 bits per heavy atom. The topological polar surface area (TPSA) is 75.7 Å². The highest BCUT2D eigenvalue weighted by Crippen LogP contribution is 2.27. The third kappa shape index (κ3) is 4.65. The average Bonchev–Trinajstić information content (AvgIpc) is 2.67. The van der Waals surface area contributed by atoms with Gasteiger partial charge in [-0.25, -0.2) is 8.42 Å². The number of anilines is 2. The molecular formula is C21H26N2O4S. The van der Waals surface area contributed by atoms with E-state index in [0.29, 0.717) is 36.7 Å². The molecule has 3 rings (SSSR count). The van der Waals surface area contributed by atoms with Crippen molar-refractivity contribution in [2.45, 2.75) is 44.4 Å². The van der Waals surface area contributed by atoms with E-state index in [9.17, 15) is 13.2 Å². The van der Waals surface area contributed by atoms with Crippen molar-refractivity contribution < 1.29 is 17.9 Å². The Bertz CT molecular complexity index is 957. The predicted octanol–water partition coefficient (Wildman–Crippen LogP) is 4.10. The fourth-order valence-corrected chi connectivity index (χ4v) is 4.33. The molecule has 0 aliphatic carbocycles. The lowest BCUT2D eigenvalue weighted by molar-refractivity contribution is -0.119. The van der Waals surface area contributed by atoms with E-state index in [1.807, 2.05) is 19.9 Å². The van der Waals surface area contributed by atoms with Gasteiger partial charge in [0.1, 0.15) is 5.75 Å². The summed E-state index contributed by atoms with van der Waals surface area (Å²) in [5, 5.41) is 0. The number of hydrogen-bond acceptors (Lipinski definition) is 4. The number of carbonyl (C=O) groups is 1. The summed E-state index contributed by atoms with van der Waals surface area (Å²) in [4.78, 5) is 14.0. The van der Waals surface area contributed by atoms with Crippen LogP contribution < -0.4 is 14.4 Å². The van der Waals surface area contributed by atoms with Crippen molar-refractivity contribution >= 4 is 27.3 Å². The number of benzene rings is 2. The molecule has 1 saturated heterocycles. The van der Waals surface area contributed by atoms with Gasteiger partial charge >= 0.3 is 0 Å². The molecule has 1 amide bonds. The van der Waals surface area contributed by atoms with E-state index in [1.165, 1.54) is 0 Å². The van der Waals surface area contributed by atoms with Crippen LogP contribution in [-0.4, -0.2) is 27.5 Å². The Kier molecular flexibility index (Phi) is 6.24. The molecule has 0 atom stereocenters. The molecule has 1 aliphatic heterocycles. The maximum atomic E-state index is 12.8. The zero-order valence-corrected chi connectivity index (χ0v) is 17.1. The first-order chi connectivity index (χ1) is 13.4. The van der Waals surface area contributed by atoms with E-state index in [-0.39, 0.29) is 10.8 Å². The van der Waals surface area contributed by atoms with Crippen LogP contribution in [0.15, 0.2) is 47.4 Å². The fourth-order valence-electron chi connectivity index (χ4n) is 3.19. The number of hydrogen-bond donors (Lipinski definition) is 1. The summed E-state index contributed by atoms with van der Waals surface area (Å²) < 4.78 is 33.8. The lowest BCUT2D eigenvalue weighted by Crippen LogP contribution is -2.35. The highest BCUT2D eigenvalue weighted by atomic mass is 32.2. The minimum Gasteiger partial charge on any atom is -0.493 e. The monoisotopic (exact) mass is 402 g/mol. The zero-order chi connectivity index (χ0) is 20.1. The summed E-state index contributed by atoms with van der Waals surface area (Å²) in [6.45, 7) is 5.09. The number of nitrogens with one attached hydrogen (secondary N) is 1. The lowest BCUT2D eigenvalue weighted by atomic mass is 10.1. The van der Waals surface area contributed by atoms with Gasteiger partial charge in [-0.2, -0.15) is 0 Å². The van der Waals surface area contributed by atoms with Crippen molar-refractivity contribution in [3.63, 3.8) is 0 Å². The number of rotatable bonds is 7. The molecule has 7 heteroatoms. The van der Waals surface area contributed by atoms with Crippen molar-refractivity contribution in [2.75, 3.05) is 22.8 Å². The number of amides is 1. The van der Waals surface area contributed by atoms with Gasteiger partial charge in [-0.3, -0.25) is 9.52 Å². The molecule has 1 heterocycles. The van der Waals surface area contributed by atoms with Crippen LogP contribution >= 0.6 is 0 Å². The highest BCUT2D eigenvalue weighted by Gasteiger charge is 2.21. The van der Waals surface area contributed by atoms with Crippen molar-refractivity contribution in [3.8, 4) is 5.75 Å². The molecule has 0 saturated carbocycles. The van der Waals surface area contributed by atoms with Crippen LogP contribution in [0.5, 0.6) is 5.75 Å². The van der Waals surface area contributed by atoms with Gasteiger partial charge in [-0.1, -0.05) is 13.0 Å². The van der Waals surface area contributed by atoms with Crippen molar-refractivity contribution in [1.82, 2.24) is 0 Å². The highest BCUT2D eigenvalue weighted by molar-refractivity contribution is 7.92. The standard InChI is InChI=1S/C21H26N2O4S/c1-3-13-27-20-11-10-19(14-16(20)2)28(25,26)22-17-7-6-8-18(15-17)23-12-5-4-9-21(23)24/h6-8,10-11,14-15,22H,3-5,9,12-13H2,1-2H3. The molecule has 0 aromatic heterocycles. The number of piperidine rings is 1. The number of nitrogens with zero attached hydrogens (tertiary/aromatic N) is 1. The molecule has 0 unspecified atom stereocenters. The molecule has 6 nitrogen and oxygen atoms in total. The van der Waals surface area contributed by atoms with Crippen molar-refractivity contribution in [1.29, 1.82) is 0 Å². The van der Waals surface area contributed by atoms with Crippen LogP contribution in [0.25, 0.3) is 0 Å². The molecule has 1 fully saturated rings. The number of carbonyl (C=O) groups excluding carboxylic acids is 1. The van der Waals surface area contributed by atoms with Gasteiger partial charge in [0, 0.05) is 18.7 Å². The Labute approximate surface area is 166 Å². The molecule has 0 radical (unpaired) electrons. The molecule has 2 aromatic rings. The van der Waals surface area contributed by atoms with E-state index < -0.39 is 10.0 Å². The molecule has 28 heavy (non-hydrogen) atoms. The first-order valence-electron chi connectivity index (χ1n) is 9.57. The summed E-state index contributed by atoms with van der Waals surface area (Å²) in [5.74, 6) is 0.760. The summed E-state index contributed by atoms with van der Waals surface area (Å²) in [6, 6.07) is 11.8. The fraction of sp³-hybridized carbons (Fsp3) is 0.381. The second kappa shape index (κ2) is 8.65. The lowest BCUT2D eigenvalue weighted by Gasteiger charge is -2.27. The number of aryl methyl sites for hydroxylation is 1. The molecule has 150 valence electrons. The maximum Gasteiger partial charge on any atom is 0.261 e. The first kappa shape index (κ1) is 20.2. The zero-order valence-electron chi connectivity index (χ0n) is 16.3. The van der Waals surface area contributed by atoms with Crippen LogP contribution in [0, 0.1) is 6.92 Å². The van der Waals surface area contributed by atoms with Crippen LogP contribution in [0.3, 0.4) is 0 Å².